The van der Waals surface area contributed by atoms with Gasteiger partial charge < -0.3 is 9.84 Å². The predicted octanol–water partition coefficient (Wildman–Crippen LogP) is 3.15. The molecule has 0 bridgehead atoms. The maximum absolute atomic E-state index is 12.9. The first-order valence-corrected chi connectivity index (χ1v) is 6.27. The lowest BCUT2D eigenvalue weighted by atomic mass is 9.73. The van der Waals surface area contributed by atoms with Crippen LogP contribution in [-0.4, -0.2) is 24.3 Å². The van der Waals surface area contributed by atoms with Crippen LogP contribution in [0.25, 0.3) is 0 Å². The molecule has 1 aliphatic rings. The van der Waals surface area contributed by atoms with E-state index in [-0.39, 0.29) is 37.2 Å². The third-order valence-corrected chi connectivity index (χ3v) is 3.85. The van der Waals surface area contributed by atoms with Crippen LogP contribution in [-0.2, 0) is 21.1 Å². The smallest absolute Gasteiger partial charge is 0.416 e. The summed E-state index contributed by atoms with van der Waals surface area (Å²) in [5, 5.41) is 9.47. The summed E-state index contributed by atoms with van der Waals surface area (Å²) in [7, 11) is 0. The van der Waals surface area contributed by atoms with Crippen molar-refractivity contribution in [3.63, 3.8) is 0 Å². The molecule has 0 atom stereocenters. The largest absolute Gasteiger partial charge is 0.481 e. The molecule has 3 nitrogen and oxygen atoms in total. The highest BCUT2D eigenvalue weighted by Crippen LogP contribution is 2.39. The summed E-state index contributed by atoms with van der Waals surface area (Å²) in [4.78, 5) is 11.6. The van der Waals surface area contributed by atoms with Crippen LogP contribution in [0.3, 0.4) is 0 Å². The Balaban J connectivity index is 2.53. The molecule has 0 unspecified atom stereocenters. The van der Waals surface area contributed by atoms with Crippen LogP contribution in [0, 0.1) is 6.92 Å². The average molecular weight is 288 g/mol. The number of aliphatic carboxylic acids is 1. The van der Waals surface area contributed by atoms with Crippen LogP contribution in [0.2, 0.25) is 0 Å². The zero-order valence-electron chi connectivity index (χ0n) is 11.0. The molecule has 6 heteroatoms. The second-order valence-corrected chi connectivity index (χ2v) is 5.03. The van der Waals surface area contributed by atoms with Gasteiger partial charge in [0.25, 0.3) is 0 Å². The Labute approximate surface area is 114 Å². The van der Waals surface area contributed by atoms with E-state index in [1.165, 1.54) is 19.1 Å². The highest BCUT2D eigenvalue weighted by Gasteiger charge is 2.43. The second kappa shape index (κ2) is 5.09. The lowest BCUT2D eigenvalue weighted by Gasteiger charge is -2.34. The van der Waals surface area contributed by atoms with Crippen molar-refractivity contribution in [2.24, 2.45) is 0 Å². The van der Waals surface area contributed by atoms with E-state index in [0.29, 0.717) is 0 Å². The average Bonchev–Trinajstić information content (AvgIpc) is 2.38. The van der Waals surface area contributed by atoms with Crippen LogP contribution in [0.4, 0.5) is 13.2 Å². The molecule has 0 amide bonds. The van der Waals surface area contributed by atoms with E-state index in [1.807, 2.05) is 0 Å². The molecule has 1 fully saturated rings. The van der Waals surface area contributed by atoms with Crippen LogP contribution >= 0.6 is 0 Å². The third-order valence-electron chi connectivity index (χ3n) is 3.85. The summed E-state index contributed by atoms with van der Waals surface area (Å²) in [6.07, 6.45) is -4.11. The molecule has 110 valence electrons. The molecule has 0 radical (unpaired) electrons. The van der Waals surface area contributed by atoms with Gasteiger partial charge >= 0.3 is 12.1 Å². The van der Waals surface area contributed by atoms with Gasteiger partial charge in [-0.05, 0) is 37.0 Å². The summed E-state index contributed by atoms with van der Waals surface area (Å²) in [5.41, 5.74) is -1.77. The molecular weight excluding hydrogens is 273 g/mol. The predicted molar refractivity (Wildman–Crippen MR) is 65.5 cm³/mol. The SMILES string of the molecule is Cc1ccc(C2(C(=O)O)CCOCC2)cc1C(F)(F)F. The van der Waals surface area contributed by atoms with Crippen LogP contribution < -0.4 is 0 Å². The Bertz CT molecular complexity index is 517. The molecule has 1 heterocycles. The number of hydrogen-bond acceptors (Lipinski definition) is 2. The number of benzene rings is 1. The van der Waals surface area contributed by atoms with E-state index in [1.54, 1.807) is 0 Å². The van der Waals surface area contributed by atoms with E-state index in [2.05, 4.69) is 0 Å². The Kier molecular flexibility index (Phi) is 3.77. The Morgan fingerprint density at radius 1 is 1.30 bits per heavy atom. The van der Waals surface area contributed by atoms with Gasteiger partial charge in [-0.15, -0.1) is 0 Å². The molecule has 2 rings (SSSR count). The van der Waals surface area contributed by atoms with Crippen LogP contribution in [0.1, 0.15) is 29.5 Å². The van der Waals surface area contributed by atoms with Gasteiger partial charge in [0.15, 0.2) is 0 Å². The minimum absolute atomic E-state index is 0.0915. The van der Waals surface area contributed by atoms with Crippen molar-refractivity contribution >= 4 is 5.97 Å². The van der Waals surface area contributed by atoms with Crippen molar-refractivity contribution in [1.29, 1.82) is 0 Å². The van der Waals surface area contributed by atoms with E-state index in [0.717, 1.165) is 6.07 Å². The molecule has 0 aliphatic carbocycles. The Morgan fingerprint density at radius 3 is 2.40 bits per heavy atom. The van der Waals surface area contributed by atoms with Gasteiger partial charge in [0.1, 0.15) is 0 Å². The first-order valence-electron chi connectivity index (χ1n) is 6.27. The van der Waals surface area contributed by atoms with E-state index < -0.39 is 23.1 Å². The van der Waals surface area contributed by atoms with Crippen molar-refractivity contribution in [2.75, 3.05) is 13.2 Å². The topological polar surface area (TPSA) is 46.5 Å². The zero-order chi connectivity index (χ0) is 15.0. The first kappa shape index (κ1) is 14.8. The number of carboxylic acids is 1. The van der Waals surface area contributed by atoms with Gasteiger partial charge in [0.2, 0.25) is 0 Å². The van der Waals surface area contributed by atoms with Crippen molar-refractivity contribution in [2.45, 2.75) is 31.4 Å². The number of carbonyl (C=O) groups is 1. The number of aryl methyl sites for hydroxylation is 1. The number of hydrogen-bond donors (Lipinski definition) is 1. The van der Waals surface area contributed by atoms with Crippen molar-refractivity contribution in [3.8, 4) is 0 Å². The number of halogens is 3. The van der Waals surface area contributed by atoms with Gasteiger partial charge in [-0.3, -0.25) is 4.79 Å². The zero-order valence-corrected chi connectivity index (χ0v) is 11.0. The summed E-state index contributed by atoms with van der Waals surface area (Å²) in [6, 6.07) is 3.77. The second-order valence-electron chi connectivity index (χ2n) is 5.03. The van der Waals surface area contributed by atoms with Gasteiger partial charge in [0, 0.05) is 13.2 Å². The molecule has 1 aromatic rings. The van der Waals surface area contributed by atoms with Crippen molar-refractivity contribution in [3.05, 3.63) is 34.9 Å². The van der Waals surface area contributed by atoms with Crippen LogP contribution in [0.5, 0.6) is 0 Å². The fourth-order valence-electron chi connectivity index (χ4n) is 2.57. The number of carboxylic acid groups (broad SMARTS) is 1. The molecule has 1 aliphatic heterocycles. The molecule has 1 N–H and O–H groups in total. The van der Waals surface area contributed by atoms with Gasteiger partial charge in [-0.25, -0.2) is 0 Å². The summed E-state index contributed by atoms with van der Waals surface area (Å²) in [6.45, 7) is 1.84. The fraction of sp³-hybridized carbons (Fsp3) is 0.500. The molecule has 20 heavy (non-hydrogen) atoms. The van der Waals surface area contributed by atoms with Gasteiger partial charge in [-0.2, -0.15) is 13.2 Å². The standard InChI is InChI=1S/C14H15F3O3/c1-9-2-3-10(8-11(9)14(15,16)17)13(12(18)19)4-6-20-7-5-13/h2-3,8H,4-7H2,1H3,(H,18,19). The molecule has 1 saturated heterocycles. The number of rotatable bonds is 2. The quantitative estimate of drug-likeness (QED) is 0.909. The monoisotopic (exact) mass is 288 g/mol. The number of alkyl halides is 3. The lowest BCUT2D eigenvalue weighted by molar-refractivity contribution is -0.148. The van der Waals surface area contributed by atoms with Gasteiger partial charge in [0.05, 0.1) is 11.0 Å². The normalized spacial score (nSPS) is 18.8. The highest BCUT2D eigenvalue weighted by molar-refractivity contribution is 5.81. The summed E-state index contributed by atoms with van der Waals surface area (Å²) >= 11 is 0. The summed E-state index contributed by atoms with van der Waals surface area (Å²) < 4.78 is 44.0. The van der Waals surface area contributed by atoms with E-state index >= 15 is 0 Å². The van der Waals surface area contributed by atoms with Crippen LogP contribution in [0.15, 0.2) is 18.2 Å². The maximum Gasteiger partial charge on any atom is 0.416 e. The molecular formula is C14H15F3O3. The maximum atomic E-state index is 12.9. The van der Waals surface area contributed by atoms with E-state index in [4.69, 9.17) is 4.74 Å². The Hall–Kier alpha value is -1.56. The lowest BCUT2D eigenvalue weighted by Crippen LogP contribution is -2.41. The minimum Gasteiger partial charge on any atom is -0.481 e. The minimum atomic E-state index is -4.48. The Morgan fingerprint density at radius 2 is 1.90 bits per heavy atom. The molecule has 0 spiro atoms. The van der Waals surface area contributed by atoms with Crippen molar-refractivity contribution < 1.29 is 27.8 Å². The molecule has 1 aromatic carbocycles. The molecule has 0 aromatic heterocycles. The fourth-order valence-corrected chi connectivity index (χ4v) is 2.57. The first-order chi connectivity index (χ1) is 9.27. The summed E-state index contributed by atoms with van der Waals surface area (Å²) in [5.74, 6) is -1.10. The van der Waals surface area contributed by atoms with Gasteiger partial charge in [-0.1, -0.05) is 12.1 Å². The van der Waals surface area contributed by atoms with Crippen molar-refractivity contribution in [1.82, 2.24) is 0 Å². The number of ether oxygens (including phenoxy) is 1. The van der Waals surface area contributed by atoms with E-state index in [9.17, 15) is 23.1 Å². The molecule has 0 saturated carbocycles. The third kappa shape index (κ3) is 2.52. The highest BCUT2D eigenvalue weighted by atomic mass is 19.4.